The average Bonchev–Trinajstić information content (AvgIpc) is 2.88. The Labute approximate surface area is 198 Å². The number of hydrogen-bond acceptors (Lipinski definition) is 8. The van der Waals surface area contributed by atoms with Crippen molar-refractivity contribution in [3.63, 3.8) is 0 Å². The summed E-state index contributed by atoms with van der Waals surface area (Å²) < 4.78 is 40.7. The largest absolute Gasteiger partial charge is 0.497 e. The van der Waals surface area contributed by atoms with Crippen LogP contribution < -0.4 is 20.7 Å². The molecule has 0 unspecified atom stereocenters. The number of amides is 1. The van der Waals surface area contributed by atoms with Crippen molar-refractivity contribution in [2.75, 3.05) is 33.5 Å². The molecule has 0 radical (unpaired) electrons. The van der Waals surface area contributed by atoms with Crippen molar-refractivity contribution in [1.29, 1.82) is 0 Å². The number of amidine groups is 1. The van der Waals surface area contributed by atoms with E-state index in [0.29, 0.717) is 31.2 Å². The van der Waals surface area contributed by atoms with Crippen molar-refractivity contribution < 1.29 is 32.6 Å². The van der Waals surface area contributed by atoms with E-state index in [-0.39, 0.29) is 31.0 Å². The van der Waals surface area contributed by atoms with E-state index in [0.717, 1.165) is 11.3 Å². The van der Waals surface area contributed by atoms with E-state index in [1.807, 2.05) is 24.3 Å². The van der Waals surface area contributed by atoms with Gasteiger partial charge in [-0.2, -0.15) is 0 Å². The number of nitrogens with two attached hydrogens (primary N) is 1. The monoisotopic (exact) mass is 491 g/mol. The minimum atomic E-state index is -4.07. The smallest absolute Gasteiger partial charge is 0.265 e. The molecule has 2 aromatic carbocycles. The average molecular weight is 492 g/mol. The predicted octanol–water partition coefficient (Wildman–Crippen LogP) is 1.70. The molecule has 1 fully saturated rings. The lowest BCUT2D eigenvalue weighted by molar-refractivity contribution is -0.134. The lowest BCUT2D eigenvalue weighted by atomic mass is 9.98. The first kappa shape index (κ1) is 25.5. The van der Waals surface area contributed by atoms with Gasteiger partial charge in [0.25, 0.3) is 5.91 Å². The maximum Gasteiger partial charge on any atom is 0.265 e. The van der Waals surface area contributed by atoms with Crippen LogP contribution >= 0.6 is 0 Å². The minimum Gasteiger partial charge on any atom is -0.497 e. The Morgan fingerprint density at radius 1 is 1.12 bits per heavy atom. The molecular weight excluding hydrogens is 462 g/mol. The molecule has 1 saturated heterocycles. The third kappa shape index (κ3) is 5.49. The SMILES string of the molecule is COc1ccc(C(N)=NCCCOc2ccc(S(=O)(=O)C3(C(=O)NO)CCOCC3)cc2)cc1. The van der Waals surface area contributed by atoms with Gasteiger partial charge in [0.05, 0.1) is 18.6 Å². The molecule has 0 aliphatic carbocycles. The molecule has 1 aliphatic heterocycles. The number of hydrogen-bond donors (Lipinski definition) is 3. The molecular formula is C23H29N3O7S. The summed E-state index contributed by atoms with van der Waals surface area (Å²) in [5.74, 6) is 0.693. The van der Waals surface area contributed by atoms with E-state index >= 15 is 0 Å². The number of hydroxylamine groups is 1. The molecule has 1 amide bonds. The summed E-state index contributed by atoms with van der Waals surface area (Å²) in [4.78, 5) is 16.6. The van der Waals surface area contributed by atoms with Gasteiger partial charge in [-0.05, 0) is 61.4 Å². The lowest BCUT2D eigenvalue weighted by Crippen LogP contribution is -2.54. The highest BCUT2D eigenvalue weighted by Crippen LogP contribution is 2.35. The van der Waals surface area contributed by atoms with Crippen LogP contribution in [0.25, 0.3) is 0 Å². The fourth-order valence-corrected chi connectivity index (χ4v) is 5.61. The molecule has 10 nitrogen and oxygen atoms in total. The zero-order valence-corrected chi connectivity index (χ0v) is 19.7. The molecule has 1 heterocycles. The highest BCUT2D eigenvalue weighted by atomic mass is 32.2. The van der Waals surface area contributed by atoms with Crippen LogP contribution in [0.5, 0.6) is 11.5 Å². The van der Waals surface area contributed by atoms with Crippen molar-refractivity contribution in [1.82, 2.24) is 5.48 Å². The van der Waals surface area contributed by atoms with E-state index in [1.54, 1.807) is 7.11 Å². The van der Waals surface area contributed by atoms with Gasteiger partial charge >= 0.3 is 0 Å². The summed E-state index contributed by atoms with van der Waals surface area (Å²) >= 11 is 0. The molecule has 184 valence electrons. The Bertz CT molecular complexity index is 1090. The summed E-state index contributed by atoms with van der Waals surface area (Å²) in [7, 11) is -2.47. The van der Waals surface area contributed by atoms with Crippen molar-refractivity contribution in [2.24, 2.45) is 10.7 Å². The molecule has 0 atom stereocenters. The lowest BCUT2D eigenvalue weighted by Gasteiger charge is -2.34. The molecule has 34 heavy (non-hydrogen) atoms. The van der Waals surface area contributed by atoms with E-state index in [2.05, 4.69) is 4.99 Å². The molecule has 0 aromatic heterocycles. The number of nitrogens with one attached hydrogen (secondary N) is 1. The van der Waals surface area contributed by atoms with Crippen molar-refractivity contribution >= 4 is 21.6 Å². The normalized spacial score (nSPS) is 16.0. The highest BCUT2D eigenvalue weighted by molar-refractivity contribution is 7.93. The third-order valence-corrected chi connectivity index (χ3v) is 8.22. The van der Waals surface area contributed by atoms with Crippen LogP contribution in [0.3, 0.4) is 0 Å². The second kappa shape index (κ2) is 11.3. The van der Waals surface area contributed by atoms with Crippen molar-refractivity contribution in [3.8, 4) is 11.5 Å². The molecule has 4 N–H and O–H groups in total. The Morgan fingerprint density at radius 3 is 2.32 bits per heavy atom. The zero-order valence-electron chi connectivity index (χ0n) is 18.9. The van der Waals surface area contributed by atoms with Crippen LogP contribution in [-0.2, 0) is 19.4 Å². The maximum atomic E-state index is 13.2. The van der Waals surface area contributed by atoms with Gasteiger partial charge in [-0.25, -0.2) is 13.9 Å². The molecule has 1 aliphatic rings. The van der Waals surface area contributed by atoms with Gasteiger partial charge in [-0.15, -0.1) is 0 Å². The number of ether oxygens (including phenoxy) is 3. The van der Waals surface area contributed by atoms with Crippen LogP contribution in [-0.4, -0.2) is 63.6 Å². The number of methoxy groups -OCH3 is 1. The number of carbonyl (C=O) groups excluding carboxylic acids is 1. The van der Waals surface area contributed by atoms with E-state index in [9.17, 15) is 13.2 Å². The first-order chi connectivity index (χ1) is 16.3. The Hall–Kier alpha value is -3.15. The first-order valence-electron chi connectivity index (χ1n) is 10.8. The number of carbonyl (C=O) groups is 1. The molecule has 3 rings (SSSR count). The van der Waals surface area contributed by atoms with Gasteiger partial charge in [0.2, 0.25) is 0 Å². The Balaban J connectivity index is 1.56. The van der Waals surface area contributed by atoms with Gasteiger partial charge in [0.1, 0.15) is 17.3 Å². The van der Waals surface area contributed by atoms with Crippen molar-refractivity contribution in [2.45, 2.75) is 28.9 Å². The highest BCUT2D eigenvalue weighted by Gasteiger charge is 2.52. The van der Waals surface area contributed by atoms with Gasteiger partial charge in [0, 0.05) is 31.7 Å². The standard InChI is InChI=1S/C23H29N3O7S/c1-31-18-5-3-17(4-6-18)21(24)25-13-2-14-33-19-7-9-20(10-8-19)34(29,30)23(22(27)26-28)11-15-32-16-12-23/h3-10,28H,2,11-16H2,1H3,(H2,24,25)(H,26,27). The number of nitrogens with zero attached hydrogens (tertiary/aromatic N) is 1. The Morgan fingerprint density at radius 2 is 1.74 bits per heavy atom. The van der Waals surface area contributed by atoms with Crippen molar-refractivity contribution in [3.05, 3.63) is 54.1 Å². The second-order valence-electron chi connectivity index (χ2n) is 7.72. The zero-order chi connectivity index (χ0) is 24.6. The second-order valence-corrected chi connectivity index (χ2v) is 9.98. The summed E-state index contributed by atoms with van der Waals surface area (Å²) in [5, 5.41) is 9.12. The molecule has 0 bridgehead atoms. The number of sulfone groups is 1. The number of aliphatic imine (C=N–C) groups is 1. The van der Waals surface area contributed by atoms with Gasteiger partial charge < -0.3 is 19.9 Å². The molecule has 11 heteroatoms. The Kier molecular flexibility index (Phi) is 8.48. The number of benzene rings is 2. The fraction of sp³-hybridized carbons (Fsp3) is 0.391. The minimum absolute atomic E-state index is 0.0257. The predicted molar refractivity (Wildman–Crippen MR) is 125 cm³/mol. The van der Waals surface area contributed by atoms with Gasteiger partial charge in [0.15, 0.2) is 14.6 Å². The van der Waals surface area contributed by atoms with Crippen LogP contribution in [0.4, 0.5) is 0 Å². The molecule has 0 spiro atoms. The van der Waals surface area contributed by atoms with Crippen LogP contribution in [0.15, 0.2) is 58.4 Å². The third-order valence-electron chi connectivity index (χ3n) is 5.70. The number of rotatable bonds is 10. The summed E-state index contributed by atoms with van der Waals surface area (Å²) in [5.41, 5.74) is 8.30. The molecule has 0 saturated carbocycles. The topological polar surface area (TPSA) is 150 Å². The van der Waals surface area contributed by atoms with Crippen LogP contribution in [0, 0.1) is 0 Å². The summed E-state index contributed by atoms with van der Waals surface area (Å²) in [6.07, 6.45) is 0.525. The van der Waals surface area contributed by atoms with Gasteiger partial charge in [-0.1, -0.05) is 0 Å². The summed E-state index contributed by atoms with van der Waals surface area (Å²) in [6, 6.07) is 13.1. The van der Waals surface area contributed by atoms with E-state index < -0.39 is 20.5 Å². The summed E-state index contributed by atoms with van der Waals surface area (Å²) in [6.45, 7) is 1.05. The van der Waals surface area contributed by atoms with E-state index in [4.69, 9.17) is 25.2 Å². The maximum absolute atomic E-state index is 13.2. The first-order valence-corrected chi connectivity index (χ1v) is 12.3. The molecule has 2 aromatic rings. The fourth-order valence-electron chi connectivity index (χ4n) is 3.67. The van der Waals surface area contributed by atoms with Crippen LogP contribution in [0.1, 0.15) is 24.8 Å². The van der Waals surface area contributed by atoms with E-state index in [1.165, 1.54) is 29.7 Å². The van der Waals surface area contributed by atoms with Crippen LogP contribution in [0.2, 0.25) is 0 Å². The van der Waals surface area contributed by atoms with Gasteiger partial charge in [-0.3, -0.25) is 15.0 Å². The quantitative estimate of drug-likeness (QED) is 0.149.